The molecule has 9 nitrogen and oxygen atoms in total. The van der Waals surface area contributed by atoms with E-state index in [9.17, 15) is 9.90 Å². The minimum atomic E-state index is -0.440. The molecule has 3 aromatic carbocycles. The van der Waals surface area contributed by atoms with Crippen LogP contribution in [0.15, 0.2) is 48.5 Å². The number of ether oxygens (including phenoxy) is 2. The third kappa shape index (κ3) is 4.49. The first-order chi connectivity index (χ1) is 23.3. The molecule has 4 aliphatic heterocycles. The van der Waals surface area contributed by atoms with Crippen molar-refractivity contribution in [2.24, 2.45) is 5.92 Å². The zero-order valence-corrected chi connectivity index (χ0v) is 27.5. The number of phenols is 1. The number of likely N-dealkylation sites (tertiary alicyclic amines) is 1. The molecule has 248 valence electrons. The van der Waals surface area contributed by atoms with E-state index in [4.69, 9.17) is 14.5 Å². The van der Waals surface area contributed by atoms with Gasteiger partial charge in [-0.3, -0.25) is 9.80 Å². The van der Waals surface area contributed by atoms with Crippen LogP contribution in [0.3, 0.4) is 0 Å². The lowest BCUT2D eigenvalue weighted by atomic mass is 9.79. The molecule has 5 aromatic rings. The van der Waals surface area contributed by atoms with Crippen LogP contribution in [-0.2, 0) is 11.3 Å². The molecule has 2 N–H and O–H groups in total. The topological polar surface area (TPSA) is 92.1 Å². The molecule has 2 bridgehead atoms. The van der Waals surface area contributed by atoms with Crippen molar-refractivity contribution in [3.63, 3.8) is 0 Å². The molecular formula is C38H40FN5O4. The molecule has 1 amide bonds. The van der Waals surface area contributed by atoms with E-state index < -0.39 is 5.82 Å². The molecule has 1 aliphatic carbocycles. The summed E-state index contributed by atoms with van der Waals surface area (Å²) < 4.78 is 31.8. The first kappa shape index (κ1) is 29.7. The first-order valence-electron chi connectivity index (χ1n) is 17.2. The lowest BCUT2D eigenvalue weighted by molar-refractivity contribution is 0.119. The van der Waals surface area contributed by atoms with Gasteiger partial charge in [0.15, 0.2) is 5.82 Å². The Bertz CT molecular complexity index is 2120. The third-order valence-corrected chi connectivity index (χ3v) is 11.4. The minimum absolute atomic E-state index is 0.0801. The highest BCUT2D eigenvalue weighted by atomic mass is 19.1. The van der Waals surface area contributed by atoms with Gasteiger partial charge in [-0.05, 0) is 98.8 Å². The van der Waals surface area contributed by atoms with E-state index in [0.717, 1.165) is 65.3 Å². The van der Waals surface area contributed by atoms with Crippen LogP contribution in [0.1, 0.15) is 43.5 Å². The number of halogens is 1. The number of carbonyl (C=O) groups is 1. The van der Waals surface area contributed by atoms with Gasteiger partial charge in [0.05, 0.1) is 30.0 Å². The number of nitrogens with one attached hydrogen (secondary N) is 1. The monoisotopic (exact) mass is 649 g/mol. The average molecular weight is 650 g/mol. The van der Waals surface area contributed by atoms with Gasteiger partial charge in [-0.1, -0.05) is 24.3 Å². The number of amides is 1. The fourth-order valence-corrected chi connectivity index (χ4v) is 9.01. The highest BCUT2D eigenvalue weighted by Gasteiger charge is 2.49. The maximum Gasteiger partial charge on any atom is 0.410 e. The summed E-state index contributed by atoms with van der Waals surface area (Å²) in [6, 6.07) is 15.9. The van der Waals surface area contributed by atoms with Gasteiger partial charge < -0.3 is 24.5 Å². The van der Waals surface area contributed by atoms with Gasteiger partial charge in [0.1, 0.15) is 24.0 Å². The molecule has 0 radical (unpaired) electrons. The van der Waals surface area contributed by atoms with Crippen LogP contribution >= 0.6 is 0 Å². The predicted octanol–water partition coefficient (Wildman–Crippen LogP) is 6.51. The number of likely N-dealkylation sites (N-methyl/N-ethyl adjacent to an activating group) is 1. The normalized spacial score (nSPS) is 24.6. The summed E-state index contributed by atoms with van der Waals surface area (Å²) in [6.45, 7) is 7.23. The number of carbonyl (C=O) groups excluding carboxylic acids is 1. The number of hydrogen-bond donors (Lipinski definition) is 2. The Hall–Kier alpha value is -4.41. The molecular weight excluding hydrogens is 609 g/mol. The Labute approximate surface area is 278 Å². The molecule has 5 atom stereocenters. The van der Waals surface area contributed by atoms with Crippen LogP contribution < -0.4 is 10.1 Å². The van der Waals surface area contributed by atoms with Gasteiger partial charge in [-0.25, -0.2) is 14.2 Å². The zero-order valence-electron chi connectivity index (χ0n) is 27.5. The summed E-state index contributed by atoms with van der Waals surface area (Å²) in [5.74, 6) is 0.488. The number of aromatic nitrogens is 2. The number of benzene rings is 3. The SMILES string of the molecule is Cc1cc2c(nc(O[C@@H](C)[C@@H]3CCCN3C)c3cc(CN4CCOC4=O)n([C@H]4[C@H]5CN[C@@H]4C5)c32)c(F)c1-c1cc(O)cc2ccccc12. The van der Waals surface area contributed by atoms with E-state index in [2.05, 4.69) is 34.8 Å². The standard InChI is InChI=1S/C38H40FN5O4/c1-20-13-28-34(33(39)32(20)27-17-25(45)14-22-7-4-5-8-26(22)27)41-37(48-21(2)31-9-6-10-42(31)3)29-16-24(19-43-11-12-47-38(43)46)44(36(28)29)35-23-15-30(35)40-18-23/h4-5,7-8,13-14,16-17,21,23,30-31,35,40,45H,6,9-12,15,18-19H2,1-3H3/t21-,23+,30+,31-,35-/m0/s1. The van der Waals surface area contributed by atoms with Gasteiger partial charge in [-0.2, -0.15) is 0 Å². The zero-order chi connectivity index (χ0) is 32.8. The number of aromatic hydroxyl groups is 1. The fraction of sp³-hybridized carbons (Fsp3) is 0.421. The number of cyclic esters (lactones) is 1. The van der Waals surface area contributed by atoms with Crippen LogP contribution in [0.5, 0.6) is 11.6 Å². The van der Waals surface area contributed by atoms with Gasteiger partial charge in [0.25, 0.3) is 0 Å². The number of fused-ring (bicyclic) bond motifs is 5. The molecule has 2 aromatic heterocycles. The Morgan fingerprint density at radius 2 is 2.00 bits per heavy atom. The molecule has 48 heavy (non-hydrogen) atoms. The second-order valence-corrected chi connectivity index (χ2v) is 14.2. The van der Waals surface area contributed by atoms with Gasteiger partial charge in [-0.15, -0.1) is 0 Å². The molecule has 5 aliphatic rings. The summed E-state index contributed by atoms with van der Waals surface area (Å²) in [6.07, 6.45) is 2.74. The molecule has 5 fully saturated rings. The van der Waals surface area contributed by atoms with Crippen molar-refractivity contribution >= 4 is 38.7 Å². The molecule has 1 saturated carbocycles. The summed E-state index contributed by atoms with van der Waals surface area (Å²) in [5.41, 5.74) is 3.89. The minimum Gasteiger partial charge on any atom is -0.508 e. The lowest BCUT2D eigenvalue weighted by Gasteiger charge is -2.38. The van der Waals surface area contributed by atoms with Crippen molar-refractivity contribution in [2.75, 3.05) is 33.3 Å². The second kappa shape index (κ2) is 11.1. The number of rotatable bonds is 7. The number of aryl methyl sites for hydroxylation is 1. The smallest absolute Gasteiger partial charge is 0.410 e. The van der Waals surface area contributed by atoms with Gasteiger partial charge in [0.2, 0.25) is 5.88 Å². The predicted molar refractivity (Wildman–Crippen MR) is 183 cm³/mol. The molecule has 10 rings (SSSR count). The van der Waals surface area contributed by atoms with E-state index in [-0.39, 0.29) is 35.5 Å². The number of pyridine rings is 1. The molecule has 4 saturated heterocycles. The van der Waals surface area contributed by atoms with Gasteiger partial charge in [0, 0.05) is 35.3 Å². The van der Waals surface area contributed by atoms with Gasteiger partial charge >= 0.3 is 6.09 Å². The Kier molecular flexibility index (Phi) is 6.85. The van der Waals surface area contributed by atoms with Crippen molar-refractivity contribution in [1.29, 1.82) is 0 Å². The molecule has 0 spiro atoms. The van der Waals surface area contributed by atoms with Crippen molar-refractivity contribution in [3.05, 3.63) is 65.6 Å². The largest absolute Gasteiger partial charge is 0.508 e. The highest BCUT2D eigenvalue weighted by molar-refractivity contribution is 6.10. The fourth-order valence-electron chi connectivity index (χ4n) is 9.01. The summed E-state index contributed by atoms with van der Waals surface area (Å²) in [7, 11) is 2.12. The first-order valence-corrected chi connectivity index (χ1v) is 17.2. The van der Waals surface area contributed by atoms with Crippen LogP contribution in [0.2, 0.25) is 0 Å². The van der Waals surface area contributed by atoms with E-state index in [1.54, 1.807) is 17.0 Å². The van der Waals surface area contributed by atoms with E-state index in [0.29, 0.717) is 54.0 Å². The Balaban J connectivity index is 1.31. The molecule has 0 unspecified atom stereocenters. The number of hydrogen-bond acceptors (Lipinski definition) is 7. The maximum atomic E-state index is 17.4. The maximum absolute atomic E-state index is 17.4. The number of nitrogens with zero attached hydrogens (tertiary/aromatic N) is 4. The average Bonchev–Trinajstić information content (AvgIpc) is 3.90. The quantitative estimate of drug-likeness (QED) is 0.208. The Morgan fingerprint density at radius 3 is 2.73 bits per heavy atom. The highest BCUT2D eigenvalue weighted by Crippen LogP contribution is 2.49. The summed E-state index contributed by atoms with van der Waals surface area (Å²) in [4.78, 5) is 21.7. The van der Waals surface area contributed by atoms with Crippen LogP contribution in [0, 0.1) is 18.7 Å². The van der Waals surface area contributed by atoms with Crippen molar-refractivity contribution in [3.8, 4) is 22.8 Å². The van der Waals surface area contributed by atoms with E-state index in [1.165, 1.54) is 0 Å². The Morgan fingerprint density at radius 1 is 1.15 bits per heavy atom. The lowest BCUT2D eigenvalue weighted by Crippen LogP contribution is -2.40. The van der Waals surface area contributed by atoms with E-state index >= 15 is 4.39 Å². The van der Waals surface area contributed by atoms with Crippen molar-refractivity contribution in [2.45, 2.75) is 63.9 Å². The summed E-state index contributed by atoms with van der Waals surface area (Å²) in [5, 5.41) is 17.6. The van der Waals surface area contributed by atoms with Crippen molar-refractivity contribution < 1.29 is 23.8 Å². The van der Waals surface area contributed by atoms with Crippen molar-refractivity contribution in [1.82, 2.24) is 24.7 Å². The van der Waals surface area contributed by atoms with Crippen LogP contribution in [-0.4, -0.2) is 82.0 Å². The van der Waals surface area contributed by atoms with Crippen LogP contribution in [0.25, 0.3) is 43.7 Å². The second-order valence-electron chi connectivity index (χ2n) is 14.2. The molecule has 10 heteroatoms. The summed E-state index contributed by atoms with van der Waals surface area (Å²) >= 11 is 0. The number of phenolic OH excluding ortho intramolecular Hbond substituents is 1. The van der Waals surface area contributed by atoms with E-state index in [1.807, 2.05) is 37.3 Å². The van der Waals surface area contributed by atoms with Crippen LogP contribution in [0.4, 0.5) is 9.18 Å². The third-order valence-electron chi connectivity index (χ3n) is 11.4. The molecule has 6 heterocycles.